The Balaban J connectivity index is 2.07. The van der Waals surface area contributed by atoms with Crippen molar-refractivity contribution in [1.29, 1.82) is 0 Å². The largest absolute Gasteiger partial charge is 0.419 e. The van der Waals surface area contributed by atoms with Crippen molar-refractivity contribution in [2.75, 3.05) is 6.61 Å². The highest BCUT2D eigenvalue weighted by Crippen LogP contribution is 2.32. The van der Waals surface area contributed by atoms with Gasteiger partial charge in [-0.1, -0.05) is 26.8 Å². The number of hydrogen-bond donors (Lipinski definition) is 0. The molecule has 0 aliphatic carbocycles. The molecule has 0 spiro atoms. The Hall–Kier alpha value is -2.42. The zero-order valence-corrected chi connectivity index (χ0v) is 18.1. The van der Waals surface area contributed by atoms with Gasteiger partial charge in [0.25, 0.3) is 5.91 Å². The topological polar surface area (TPSA) is 48.5 Å². The van der Waals surface area contributed by atoms with Crippen molar-refractivity contribution in [1.82, 2.24) is 9.36 Å². The lowest BCUT2D eigenvalue weighted by Crippen LogP contribution is -2.33. The summed E-state index contributed by atoms with van der Waals surface area (Å²) in [5.74, 6) is -2.68. The van der Waals surface area contributed by atoms with E-state index in [9.17, 15) is 22.4 Å². The lowest BCUT2D eigenvalue weighted by atomic mass is 9.92. The molecule has 170 valence electrons. The second kappa shape index (κ2) is 8.61. The molecule has 3 rings (SSSR count). The molecule has 1 amide bonds. The molecule has 1 aromatic heterocycles. The van der Waals surface area contributed by atoms with E-state index in [1.54, 1.807) is 10.7 Å². The van der Waals surface area contributed by atoms with Crippen LogP contribution in [0.4, 0.5) is 17.6 Å². The standard InChI is InChI=1S/C22H27F4N3O2/c1-21(2,3)17-12-18(29(28(17)4)13-14-8-5-6-11-31-14)27-20(30)15-9-7-10-16(19(15)23)22(24,25)26/h7,9-10,12,14H,5-6,8,11,13H2,1-4H3. The van der Waals surface area contributed by atoms with Gasteiger partial charge in [0.2, 0.25) is 0 Å². The fourth-order valence-corrected chi connectivity index (χ4v) is 3.81. The first-order valence-corrected chi connectivity index (χ1v) is 10.2. The van der Waals surface area contributed by atoms with Gasteiger partial charge in [0.15, 0.2) is 5.49 Å². The first kappa shape index (κ1) is 23.2. The van der Waals surface area contributed by atoms with Gasteiger partial charge in [-0.05, 0) is 31.4 Å². The summed E-state index contributed by atoms with van der Waals surface area (Å²) in [6, 6.07) is 4.34. The van der Waals surface area contributed by atoms with Gasteiger partial charge in [-0.15, -0.1) is 0 Å². The Bertz CT molecular complexity index is 1020. The molecular weight excluding hydrogens is 414 g/mol. The van der Waals surface area contributed by atoms with Crippen LogP contribution >= 0.6 is 0 Å². The molecule has 2 heterocycles. The molecule has 1 unspecified atom stereocenters. The van der Waals surface area contributed by atoms with Gasteiger partial charge in [-0.3, -0.25) is 14.2 Å². The number of aromatic nitrogens is 2. The van der Waals surface area contributed by atoms with E-state index < -0.39 is 29.0 Å². The minimum Gasteiger partial charge on any atom is -0.376 e. The molecule has 0 radical (unpaired) electrons. The zero-order chi connectivity index (χ0) is 23.0. The van der Waals surface area contributed by atoms with E-state index in [1.807, 2.05) is 32.5 Å². The van der Waals surface area contributed by atoms with Crippen molar-refractivity contribution in [2.45, 2.75) is 64.3 Å². The summed E-state index contributed by atoms with van der Waals surface area (Å²) in [6.45, 7) is 7.10. The van der Waals surface area contributed by atoms with Gasteiger partial charge in [0.1, 0.15) is 5.82 Å². The molecule has 1 atom stereocenters. The van der Waals surface area contributed by atoms with Crippen molar-refractivity contribution in [3.63, 3.8) is 0 Å². The molecule has 31 heavy (non-hydrogen) atoms. The highest BCUT2D eigenvalue weighted by Gasteiger charge is 2.35. The molecular formula is C22H27F4N3O2. The molecule has 2 aromatic rings. The molecule has 1 fully saturated rings. The molecule has 9 heteroatoms. The van der Waals surface area contributed by atoms with Gasteiger partial charge < -0.3 is 4.74 Å². The van der Waals surface area contributed by atoms with Crippen molar-refractivity contribution in [3.05, 3.63) is 52.4 Å². The lowest BCUT2D eigenvalue weighted by Gasteiger charge is -2.25. The Morgan fingerprint density at radius 2 is 1.94 bits per heavy atom. The van der Waals surface area contributed by atoms with Crippen molar-refractivity contribution in [3.8, 4) is 0 Å². The van der Waals surface area contributed by atoms with Crippen LogP contribution in [0.25, 0.3) is 0 Å². The maximum atomic E-state index is 14.4. The SMILES string of the molecule is Cn1c(C(C)(C)C)cc(=NC(=O)c2cccc(C(F)(F)F)c2F)n1CC1CCCCO1. The third kappa shape index (κ3) is 5.08. The number of hydrogen-bond acceptors (Lipinski definition) is 2. The van der Waals surface area contributed by atoms with Crippen LogP contribution in [0.3, 0.4) is 0 Å². The van der Waals surface area contributed by atoms with E-state index in [-0.39, 0.29) is 17.0 Å². The van der Waals surface area contributed by atoms with Crippen molar-refractivity contribution < 1.29 is 27.1 Å². The fourth-order valence-electron chi connectivity index (χ4n) is 3.81. The predicted molar refractivity (Wildman–Crippen MR) is 107 cm³/mol. The zero-order valence-electron chi connectivity index (χ0n) is 18.1. The van der Waals surface area contributed by atoms with Crippen molar-refractivity contribution >= 4 is 5.91 Å². The second-order valence-corrected chi connectivity index (χ2v) is 8.81. The maximum absolute atomic E-state index is 14.4. The van der Waals surface area contributed by atoms with Crippen LogP contribution in [0.1, 0.15) is 61.6 Å². The van der Waals surface area contributed by atoms with E-state index in [1.165, 1.54) is 0 Å². The van der Waals surface area contributed by atoms with E-state index in [0.717, 1.165) is 37.1 Å². The summed E-state index contributed by atoms with van der Waals surface area (Å²) >= 11 is 0. The number of nitrogens with zero attached hydrogens (tertiary/aromatic N) is 3. The summed E-state index contributed by atoms with van der Waals surface area (Å²) in [4.78, 5) is 16.7. The minimum atomic E-state index is -4.90. The maximum Gasteiger partial charge on any atom is 0.419 e. The van der Waals surface area contributed by atoms with Crippen LogP contribution in [0.15, 0.2) is 29.3 Å². The Kier molecular flexibility index (Phi) is 6.45. The summed E-state index contributed by atoms with van der Waals surface area (Å²) in [6.07, 6.45) is -2.08. The number of alkyl halides is 3. The predicted octanol–water partition coefficient (Wildman–Crippen LogP) is 4.59. The van der Waals surface area contributed by atoms with E-state index >= 15 is 0 Å². The number of benzene rings is 1. The highest BCUT2D eigenvalue weighted by atomic mass is 19.4. The fraction of sp³-hybridized carbons (Fsp3) is 0.545. The molecule has 1 aromatic carbocycles. The molecule has 1 saturated heterocycles. The minimum absolute atomic E-state index is 0.0606. The summed E-state index contributed by atoms with van der Waals surface area (Å²) < 4.78 is 63.0. The first-order chi connectivity index (χ1) is 14.4. The molecule has 0 bridgehead atoms. The van der Waals surface area contributed by atoms with Crippen LogP contribution < -0.4 is 5.49 Å². The normalized spacial score (nSPS) is 18.5. The van der Waals surface area contributed by atoms with Gasteiger partial charge in [-0.25, -0.2) is 4.39 Å². The van der Waals surface area contributed by atoms with Gasteiger partial charge in [0, 0.05) is 30.8 Å². The van der Waals surface area contributed by atoms with Gasteiger partial charge in [-0.2, -0.15) is 18.2 Å². The molecule has 1 aliphatic rings. The third-order valence-corrected chi connectivity index (χ3v) is 5.41. The first-order valence-electron chi connectivity index (χ1n) is 10.2. The van der Waals surface area contributed by atoms with Crippen LogP contribution in [-0.4, -0.2) is 28.0 Å². The van der Waals surface area contributed by atoms with E-state index in [2.05, 4.69) is 4.99 Å². The quantitative estimate of drug-likeness (QED) is 0.654. The number of rotatable bonds is 3. The monoisotopic (exact) mass is 441 g/mol. The number of carbonyl (C=O) groups excluding carboxylic acids is 1. The Labute approximate surface area is 178 Å². The summed E-state index contributed by atoms with van der Waals surface area (Å²) in [5.41, 5.74) is -1.35. The number of ether oxygens (including phenoxy) is 1. The molecule has 1 aliphatic heterocycles. The van der Waals surface area contributed by atoms with E-state index in [0.29, 0.717) is 19.2 Å². The van der Waals surface area contributed by atoms with Gasteiger partial charge in [0.05, 0.1) is 23.8 Å². The smallest absolute Gasteiger partial charge is 0.376 e. The highest BCUT2D eigenvalue weighted by molar-refractivity contribution is 5.95. The number of carbonyl (C=O) groups is 1. The van der Waals surface area contributed by atoms with Crippen molar-refractivity contribution in [2.24, 2.45) is 12.0 Å². The lowest BCUT2D eigenvalue weighted by molar-refractivity contribution is -0.140. The summed E-state index contributed by atoms with van der Waals surface area (Å²) in [5, 5.41) is 0. The Morgan fingerprint density at radius 3 is 2.52 bits per heavy atom. The molecule has 0 N–H and O–H groups in total. The molecule has 0 saturated carbocycles. The van der Waals surface area contributed by atoms with Crippen LogP contribution in [-0.2, 0) is 29.9 Å². The van der Waals surface area contributed by atoms with E-state index in [4.69, 9.17) is 4.74 Å². The van der Waals surface area contributed by atoms with Gasteiger partial charge >= 0.3 is 6.18 Å². The summed E-state index contributed by atoms with van der Waals surface area (Å²) in [7, 11) is 1.83. The average molecular weight is 441 g/mol. The van der Waals surface area contributed by atoms with Crippen LogP contribution in [0.5, 0.6) is 0 Å². The second-order valence-electron chi connectivity index (χ2n) is 8.81. The Morgan fingerprint density at radius 1 is 1.23 bits per heavy atom. The van der Waals surface area contributed by atoms with Crippen LogP contribution in [0.2, 0.25) is 0 Å². The third-order valence-electron chi connectivity index (χ3n) is 5.41. The van der Waals surface area contributed by atoms with Crippen LogP contribution in [0, 0.1) is 5.82 Å². The average Bonchev–Trinajstić information content (AvgIpc) is 2.98. The number of amides is 1. The number of halogens is 4. The molecule has 5 nitrogen and oxygen atoms in total.